The van der Waals surface area contributed by atoms with Gasteiger partial charge in [-0.2, -0.15) is 0 Å². The highest BCUT2D eigenvalue weighted by Crippen LogP contribution is 2.28. The lowest BCUT2D eigenvalue weighted by atomic mass is 10.1. The third-order valence-corrected chi connectivity index (χ3v) is 5.44. The van der Waals surface area contributed by atoms with Crippen molar-refractivity contribution in [1.82, 2.24) is 19.9 Å². The first-order valence-corrected chi connectivity index (χ1v) is 9.25. The number of hydrogen-bond donors (Lipinski definition) is 1. The molecule has 2 aliphatic rings. The zero-order valence-corrected chi connectivity index (χ0v) is 14.7. The first-order valence-electron chi connectivity index (χ1n) is 9.25. The fourth-order valence-electron chi connectivity index (χ4n) is 4.22. The summed E-state index contributed by atoms with van der Waals surface area (Å²) in [7, 11) is 0. The van der Waals surface area contributed by atoms with Crippen LogP contribution in [-0.2, 0) is 11.3 Å². The molecule has 0 amide bonds. The Hall–Kier alpha value is -2.44. The quantitative estimate of drug-likeness (QED) is 0.786. The Labute approximate surface area is 152 Å². The number of aromatic amines is 1. The molecule has 2 fully saturated rings. The molecule has 0 aliphatic carbocycles. The van der Waals surface area contributed by atoms with Gasteiger partial charge in [-0.05, 0) is 11.6 Å². The molecule has 2 aromatic heterocycles. The molecule has 2 bridgehead atoms. The molecule has 0 saturated carbocycles. The maximum atomic E-state index is 5.98. The Balaban J connectivity index is 1.44. The van der Waals surface area contributed by atoms with E-state index in [0.717, 1.165) is 56.2 Å². The molecular formula is C20H23N5O. The molecule has 26 heavy (non-hydrogen) atoms. The molecule has 2 saturated heterocycles. The summed E-state index contributed by atoms with van der Waals surface area (Å²) in [6.07, 6.45) is 3.60. The summed E-state index contributed by atoms with van der Waals surface area (Å²) in [5.74, 6) is 1.52. The number of rotatable bonds is 3. The van der Waals surface area contributed by atoms with Gasteiger partial charge < -0.3 is 14.6 Å². The van der Waals surface area contributed by atoms with Crippen molar-refractivity contribution in [3.63, 3.8) is 0 Å². The van der Waals surface area contributed by atoms with Crippen molar-refractivity contribution in [2.24, 2.45) is 5.92 Å². The van der Waals surface area contributed by atoms with Crippen LogP contribution in [0.3, 0.4) is 0 Å². The minimum Gasteiger partial charge on any atom is -0.379 e. The number of fused-ring (bicyclic) bond motifs is 4. The fourth-order valence-corrected chi connectivity index (χ4v) is 4.22. The molecule has 5 rings (SSSR count). The monoisotopic (exact) mass is 349 g/mol. The third kappa shape index (κ3) is 2.95. The average Bonchev–Trinajstić information content (AvgIpc) is 2.98. The van der Waals surface area contributed by atoms with Crippen molar-refractivity contribution in [3.8, 4) is 0 Å². The zero-order valence-electron chi connectivity index (χ0n) is 14.7. The lowest BCUT2D eigenvalue weighted by Crippen LogP contribution is -2.43. The van der Waals surface area contributed by atoms with Gasteiger partial charge in [0.25, 0.3) is 0 Å². The summed E-state index contributed by atoms with van der Waals surface area (Å²) in [5, 5.41) is 1.10. The van der Waals surface area contributed by atoms with Gasteiger partial charge in [0.2, 0.25) is 0 Å². The first-order chi connectivity index (χ1) is 12.9. The van der Waals surface area contributed by atoms with E-state index in [0.29, 0.717) is 12.0 Å². The van der Waals surface area contributed by atoms with E-state index in [1.165, 1.54) is 5.56 Å². The lowest BCUT2D eigenvalue weighted by molar-refractivity contribution is 0.0872. The van der Waals surface area contributed by atoms with Crippen LogP contribution in [0.2, 0.25) is 0 Å². The van der Waals surface area contributed by atoms with Crippen molar-refractivity contribution in [2.45, 2.75) is 12.6 Å². The summed E-state index contributed by atoms with van der Waals surface area (Å²) >= 11 is 0. The van der Waals surface area contributed by atoms with Crippen LogP contribution in [0, 0.1) is 5.92 Å². The molecule has 1 N–H and O–H groups in total. The van der Waals surface area contributed by atoms with Gasteiger partial charge in [-0.3, -0.25) is 4.90 Å². The van der Waals surface area contributed by atoms with Crippen LogP contribution in [-0.4, -0.2) is 58.7 Å². The number of nitrogens with zero attached hydrogens (tertiary/aromatic N) is 4. The summed E-state index contributed by atoms with van der Waals surface area (Å²) < 4.78 is 5.98. The SMILES string of the molecule is c1ccc(CN2C[C@H]3COC[C@@H]2CN(c2ncnc4[nH]ccc24)C3)cc1. The summed E-state index contributed by atoms with van der Waals surface area (Å²) in [6, 6.07) is 13.2. The van der Waals surface area contributed by atoms with Crippen LogP contribution in [0.25, 0.3) is 11.0 Å². The molecule has 0 unspecified atom stereocenters. The van der Waals surface area contributed by atoms with Crippen molar-refractivity contribution in [1.29, 1.82) is 0 Å². The molecule has 134 valence electrons. The number of H-pyrrole nitrogens is 1. The number of benzene rings is 1. The highest BCUT2D eigenvalue weighted by molar-refractivity contribution is 5.87. The largest absolute Gasteiger partial charge is 0.379 e. The minimum atomic E-state index is 0.367. The molecule has 2 aliphatic heterocycles. The van der Waals surface area contributed by atoms with Gasteiger partial charge >= 0.3 is 0 Å². The van der Waals surface area contributed by atoms with Gasteiger partial charge in [0.05, 0.1) is 24.6 Å². The average molecular weight is 349 g/mol. The topological polar surface area (TPSA) is 57.3 Å². The van der Waals surface area contributed by atoms with E-state index in [2.05, 4.69) is 61.1 Å². The van der Waals surface area contributed by atoms with E-state index in [1.807, 2.05) is 6.20 Å². The van der Waals surface area contributed by atoms with Crippen LogP contribution in [0.5, 0.6) is 0 Å². The number of anilines is 1. The lowest BCUT2D eigenvalue weighted by Gasteiger charge is -2.32. The highest BCUT2D eigenvalue weighted by atomic mass is 16.5. The van der Waals surface area contributed by atoms with E-state index in [4.69, 9.17) is 4.74 Å². The molecule has 0 spiro atoms. The molecular weight excluding hydrogens is 326 g/mol. The van der Waals surface area contributed by atoms with E-state index < -0.39 is 0 Å². The second-order valence-corrected chi connectivity index (χ2v) is 7.31. The second-order valence-electron chi connectivity index (χ2n) is 7.31. The van der Waals surface area contributed by atoms with Gasteiger partial charge in [-0.1, -0.05) is 30.3 Å². The van der Waals surface area contributed by atoms with E-state index in [1.54, 1.807) is 6.33 Å². The smallest absolute Gasteiger partial charge is 0.142 e. The number of nitrogens with one attached hydrogen (secondary N) is 1. The number of hydrogen-bond acceptors (Lipinski definition) is 5. The molecule has 1 aromatic carbocycles. The predicted molar refractivity (Wildman–Crippen MR) is 101 cm³/mol. The maximum absolute atomic E-state index is 5.98. The van der Waals surface area contributed by atoms with Gasteiger partial charge in [-0.25, -0.2) is 9.97 Å². The van der Waals surface area contributed by atoms with Crippen LogP contribution in [0.15, 0.2) is 48.9 Å². The van der Waals surface area contributed by atoms with Gasteiger partial charge in [0.1, 0.15) is 17.8 Å². The zero-order chi connectivity index (χ0) is 17.3. The number of aromatic nitrogens is 3. The van der Waals surface area contributed by atoms with Crippen LogP contribution in [0.1, 0.15) is 5.56 Å². The predicted octanol–water partition coefficient (Wildman–Crippen LogP) is 2.30. The molecule has 2 atom stereocenters. The fraction of sp³-hybridized carbons (Fsp3) is 0.400. The third-order valence-electron chi connectivity index (χ3n) is 5.44. The van der Waals surface area contributed by atoms with Crippen LogP contribution < -0.4 is 4.90 Å². The van der Waals surface area contributed by atoms with E-state index in [9.17, 15) is 0 Å². The van der Waals surface area contributed by atoms with Crippen LogP contribution in [0.4, 0.5) is 5.82 Å². The standard InChI is InChI=1S/C20H23N5O/c1-2-4-15(5-3-1)8-24-9-16-10-25(11-17(24)13-26-12-16)20-18-6-7-21-19(18)22-14-23-20/h1-7,14,16-17H,8-13H2,(H,21,22,23)/t16-,17+/m1/s1. The van der Waals surface area contributed by atoms with Crippen molar-refractivity contribution < 1.29 is 4.74 Å². The van der Waals surface area contributed by atoms with Crippen molar-refractivity contribution in [3.05, 3.63) is 54.5 Å². The summed E-state index contributed by atoms with van der Waals surface area (Å²) in [6.45, 7) is 5.54. The second kappa shape index (κ2) is 6.70. The number of ether oxygens (including phenoxy) is 1. The highest BCUT2D eigenvalue weighted by Gasteiger charge is 2.34. The Kier molecular flexibility index (Phi) is 4.07. The first kappa shape index (κ1) is 15.8. The van der Waals surface area contributed by atoms with Crippen molar-refractivity contribution in [2.75, 3.05) is 37.7 Å². The van der Waals surface area contributed by atoms with Crippen LogP contribution >= 0.6 is 0 Å². The maximum Gasteiger partial charge on any atom is 0.142 e. The summed E-state index contributed by atoms with van der Waals surface area (Å²) in [4.78, 5) is 17.2. The Morgan fingerprint density at radius 2 is 1.96 bits per heavy atom. The Morgan fingerprint density at radius 1 is 1.04 bits per heavy atom. The molecule has 6 nitrogen and oxygen atoms in total. The summed E-state index contributed by atoms with van der Waals surface area (Å²) in [5.41, 5.74) is 2.27. The minimum absolute atomic E-state index is 0.367. The van der Waals surface area contributed by atoms with Gasteiger partial charge in [0.15, 0.2) is 0 Å². The molecule has 6 heteroatoms. The van der Waals surface area contributed by atoms with Gasteiger partial charge in [-0.15, -0.1) is 0 Å². The van der Waals surface area contributed by atoms with E-state index >= 15 is 0 Å². The molecule has 0 radical (unpaired) electrons. The van der Waals surface area contributed by atoms with Gasteiger partial charge in [0, 0.05) is 38.3 Å². The Morgan fingerprint density at radius 3 is 2.88 bits per heavy atom. The molecule has 4 heterocycles. The molecule has 3 aromatic rings. The van der Waals surface area contributed by atoms with E-state index in [-0.39, 0.29) is 0 Å². The van der Waals surface area contributed by atoms with Crippen molar-refractivity contribution >= 4 is 16.9 Å². The normalized spacial score (nSPS) is 23.9. The Bertz CT molecular complexity index is 880.